The molecular formula is C15H12F3NO4. The fraction of sp³-hybridized carbons (Fsp3) is 0.200. The van der Waals surface area contributed by atoms with Crippen molar-refractivity contribution in [3.63, 3.8) is 0 Å². The fourth-order valence-electron chi connectivity index (χ4n) is 1.80. The van der Waals surface area contributed by atoms with Crippen LogP contribution >= 0.6 is 0 Å². The predicted octanol–water partition coefficient (Wildman–Crippen LogP) is 3.94. The van der Waals surface area contributed by atoms with Crippen LogP contribution in [0.5, 0.6) is 0 Å². The number of halogens is 3. The first-order chi connectivity index (χ1) is 10.8. The number of hydrogen-bond donors (Lipinski definition) is 1. The molecule has 0 bridgehead atoms. The summed E-state index contributed by atoms with van der Waals surface area (Å²) in [7, 11) is 0. The quantitative estimate of drug-likeness (QED) is 0.667. The topological polar surface area (TPSA) is 72.0 Å². The maximum Gasteiger partial charge on any atom is 0.416 e. The van der Waals surface area contributed by atoms with Gasteiger partial charge in [-0.1, -0.05) is 17.3 Å². The number of oxime groups is 1. The van der Waals surface area contributed by atoms with Gasteiger partial charge in [0, 0.05) is 0 Å². The monoisotopic (exact) mass is 327 g/mol. The van der Waals surface area contributed by atoms with Crippen molar-refractivity contribution in [2.24, 2.45) is 5.16 Å². The van der Waals surface area contributed by atoms with Crippen LogP contribution in [0.25, 0.3) is 0 Å². The number of carboxylic acid groups (broad SMARTS) is 1. The van der Waals surface area contributed by atoms with Gasteiger partial charge in [-0.25, -0.2) is 4.79 Å². The number of aromatic carboxylic acids is 1. The van der Waals surface area contributed by atoms with E-state index in [1.165, 1.54) is 31.4 Å². The molecule has 0 atom stereocenters. The molecule has 23 heavy (non-hydrogen) atoms. The molecule has 2 aromatic rings. The Bertz CT molecular complexity index is 734. The van der Waals surface area contributed by atoms with E-state index in [9.17, 15) is 18.0 Å². The average Bonchev–Trinajstić information content (AvgIpc) is 2.95. The standard InChI is InChI=1S/C15H12F3NO4/c1-9(10-3-2-4-11(7-10)15(16,17)18)19-23-8-13-12(14(20)21)5-6-22-13/h2-7H,8H2,1H3,(H,20,21). The molecule has 0 saturated heterocycles. The summed E-state index contributed by atoms with van der Waals surface area (Å²) >= 11 is 0. The minimum Gasteiger partial charge on any atom is -0.478 e. The van der Waals surface area contributed by atoms with Gasteiger partial charge < -0.3 is 14.4 Å². The van der Waals surface area contributed by atoms with Crippen LogP contribution in [0.4, 0.5) is 13.2 Å². The van der Waals surface area contributed by atoms with E-state index >= 15 is 0 Å². The van der Waals surface area contributed by atoms with Crippen molar-refractivity contribution < 1.29 is 32.3 Å². The molecule has 1 N–H and O–H groups in total. The summed E-state index contributed by atoms with van der Waals surface area (Å²) in [5.74, 6) is -1.10. The van der Waals surface area contributed by atoms with Gasteiger partial charge in [0.2, 0.25) is 0 Å². The SMILES string of the molecule is CC(=NOCc1occc1C(=O)O)c1cccc(C(F)(F)F)c1. The predicted molar refractivity (Wildman–Crippen MR) is 74.1 cm³/mol. The van der Waals surface area contributed by atoms with Crippen LogP contribution in [0.1, 0.15) is 34.2 Å². The molecule has 0 aliphatic rings. The molecule has 0 radical (unpaired) electrons. The van der Waals surface area contributed by atoms with Gasteiger partial charge in [0.05, 0.1) is 17.5 Å². The Morgan fingerprint density at radius 2 is 2.09 bits per heavy atom. The second kappa shape index (κ2) is 6.55. The molecule has 0 aliphatic carbocycles. The summed E-state index contributed by atoms with van der Waals surface area (Å²) in [4.78, 5) is 15.8. The summed E-state index contributed by atoms with van der Waals surface area (Å²) in [6.45, 7) is 1.24. The maximum atomic E-state index is 12.7. The lowest BCUT2D eigenvalue weighted by atomic mass is 10.1. The molecule has 2 rings (SSSR count). The number of carboxylic acids is 1. The van der Waals surface area contributed by atoms with Gasteiger partial charge in [0.1, 0.15) is 5.56 Å². The smallest absolute Gasteiger partial charge is 0.416 e. The second-order valence-corrected chi connectivity index (χ2v) is 4.59. The van der Waals surface area contributed by atoms with E-state index in [-0.39, 0.29) is 29.2 Å². The highest BCUT2D eigenvalue weighted by molar-refractivity contribution is 5.98. The van der Waals surface area contributed by atoms with Crippen LogP contribution in [-0.2, 0) is 17.6 Å². The van der Waals surface area contributed by atoms with Crippen molar-refractivity contribution in [1.29, 1.82) is 0 Å². The zero-order chi connectivity index (χ0) is 17.0. The first-order valence-corrected chi connectivity index (χ1v) is 6.43. The Hall–Kier alpha value is -2.77. The van der Waals surface area contributed by atoms with Crippen LogP contribution in [0.15, 0.2) is 46.2 Å². The molecule has 0 spiro atoms. The fourth-order valence-corrected chi connectivity index (χ4v) is 1.80. The van der Waals surface area contributed by atoms with Gasteiger partial charge in [-0.15, -0.1) is 0 Å². The van der Waals surface area contributed by atoms with E-state index < -0.39 is 17.7 Å². The number of rotatable bonds is 5. The van der Waals surface area contributed by atoms with Gasteiger partial charge in [0.15, 0.2) is 12.4 Å². The lowest BCUT2D eigenvalue weighted by Gasteiger charge is -2.08. The zero-order valence-corrected chi connectivity index (χ0v) is 11.9. The van der Waals surface area contributed by atoms with Gasteiger partial charge in [-0.05, 0) is 30.7 Å². The van der Waals surface area contributed by atoms with E-state index in [1.807, 2.05) is 0 Å². The van der Waals surface area contributed by atoms with Crippen LogP contribution in [0, 0.1) is 0 Å². The Morgan fingerprint density at radius 3 is 2.74 bits per heavy atom. The van der Waals surface area contributed by atoms with Crippen molar-refractivity contribution in [2.45, 2.75) is 19.7 Å². The van der Waals surface area contributed by atoms with Gasteiger partial charge in [0.25, 0.3) is 0 Å². The first kappa shape index (κ1) is 16.6. The molecule has 0 fully saturated rings. The van der Waals surface area contributed by atoms with Gasteiger partial charge in [-0.2, -0.15) is 13.2 Å². The third-order valence-electron chi connectivity index (χ3n) is 2.98. The summed E-state index contributed by atoms with van der Waals surface area (Å²) in [5.41, 5.74) is -0.377. The molecule has 0 unspecified atom stereocenters. The lowest BCUT2D eigenvalue weighted by Crippen LogP contribution is -2.07. The number of hydrogen-bond acceptors (Lipinski definition) is 4. The molecule has 122 valence electrons. The summed E-state index contributed by atoms with van der Waals surface area (Å²) in [6.07, 6.45) is -3.24. The van der Waals surface area contributed by atoms with Crippen LogP contribution < -0.4 is 0 Å². The van der Waals surface area contributed by atoms with Gasteiger partial charge >= 0.3 is 12.1 Å². The number of carbonyl (C=O) groups is 1. The molecule has 0 amide bonds. The van der Waals surface area contributed by atoms with E-state index in [4.69, 9.17) is 14.4 Å². The van der Waals surface area contributed by atoms with Crippen molar-refractivity contribution in [2.75, 3.05) is 0 Å². The molecule has 0 saturated carbocycles. The van der Waals surface area contributed by atoms with Crippen molar-refractivity contribution in [3.8, 4) is 0 Å². The Morgan fingerprint density at radius 1 is 1.35 bits per heavy atom. The highest BCUT2D eigenvalue weighted by atomic mass is 19.4. The Balaban J connectivity index is 2.09. The number of furan rings is 1. The summed E-state index contributed by atoms with van der Waals surface area (Å²) in [6, 6.07) is 5.92. The van der Waals surface area contributed by atoms with E-state index in [0.717, 1.165) is 12.1 Å². The highest BCUT2D eigenvalue weighted by Crippen LogP contribution is 2.29. The molecule has 1 aromatic heterocycles. The third kappa shape index (κ3) is 4.12. The third-order valence-corrected chi connectivity index (χ3v) is 2.98. The Kier molecular flexibility index (Phi) is 4.73. The van der Waals surface area contributed by atoms with Crippen LogP contribution in [-0.4, -0.2) is 16.8 Å². The second-order valence-electron chi connectivity index (χ2n) is 4.59. The zero-order valence-electron chi connectivity index (χ0n) is 11.9. The minimum absolute atomic E-state index is 0.0584. The Labute approximate surface area is 129 Å². The summed E-state index contributed by atoms with van der Waals surface area (Å²) in [5, 5.41) is 12.6. The number of benzene rings is 1. The molecule has 8 heteroatoms. The van der Waals surface area contributed by atoms with Crippen LogP contribution in [0.3, 0.4) is 0 Å². The maximum absolute atomic E-state index is 12.7. The van der Waals surface area contributed by atoms with Gasteiger partial charge in [-0.3, -0.25) is 0 Å². The van der Waals surface area contributed by atoms with E-state index in [0.29, 0.717) is 0 Å². The minimum atomic E-state index is -4.44. The van der Waals surface area contributed by atoms with Crippen molar-refractivity contribution >= 4 is 11.7 Å². The molecular weight excluding hydrogens is 315 g/mol. The normalized spacial score (nSPS) is 12.3. The van der Waals surface area contributed by atoms with Crippen molar-refractivity contribution in [1.82, 2.24) is 0 Å². The number of nitrogens with zero attached hydrogens (tertiary/aromatic N) is 1. The van der Waals surface area contributed by atoms with E-state index in [1.54, 1.807) is 0 Å². The average molecular weight is 327 g/mol. The highest BCUT2D eigenvalue weighted by Gasteiger charge is 2.30. The van der Waals surface area contributed by atoms with E-state index in [2.05, 4.69) is 5.16 Å². The summed E-state index contributed by atoms with van der Waals surface area (Å²) < 4.78 is 42.9. The molecule has 5 nitrogen and oxygen atoms in total. The molecule has 0 aliphatic heterocycles. The van der Waals surface area contributed by atoms with Crippen molar-refractivity contribution in [3.05, 3.63) is 59.0 Å². The number of alkyl halides is 3. The largest absolute Gasteiger partial charge is 0.478 e. The lowest BCUT2D eigenvalue weighted by molar-refractivity contribution is -0.137. The molecule has 1 aromatic carbocycles. The first-order valence-electron chi connectivity index (χ1n) is 6.43. The van der Waals surface area contributed by atoms with Crippen LogP contribution in [0.2, 0.25) is 0 Å². The molecule has 1 heterocycles.